The first kappa shape index (κ1) is 28.0. The number of H-pyrrole nitrogens is 3. The lowest BCUT2D eigenvalue weighted by molar-refractivity contribution is 0.297. The fourth-order valence-corrected chi connectivity index (χ4v) is 7.77. The topological polar surface area (TPSA) is 123 Å². The summed E-state index contributed by atoms with van der Waals surface area (Å²) in [5.41, 5.74) is 9.92. The van der Waals surface area contributed by atoms with Crippen LogP contribution in [0.4, 0.5) is 0 Å². The Balaban J connectivity index is 0.986. The van der Waals surface area contributed by atoms with Crippen LogP contribution in [0.2, 0.25) is 0 Å². The third kappa shape index (κ3) is 4.44. The first-order valence-electron chi connectivity index (χ1n) is 17.0. The molecule has 0 bridgehead atoms. The predicted octanol–water partition coefficient (Wildman–Crippen LogP) is 8.17. The summed E-state index contributed by atoms with van der Waals surface area (Å²) < 4.78 is 12.5. The monoisotopic (exact) mass is 666 g/mol. The number of benzene rings is 5. The summed E-state index contributed by atoms with van der Waals surface area (Å²) in [6, 6.07) is 30.8. The van der Waals surface area contributed by atoms with Crippen LogP contribution in [0.25, 0.3) is 87.4 Å². The van der Waals surface area contributed by atoms with Gasteiger partial charge in [-0.1, -0.05) is 42.5 Å². The van der Waals surface area contributed by atoms with E-state index in [4.69, 9.17) is 4.74 Å². The molecule has 0 unspecified atom stereocenters. The summed E-state index contributed by atoms with van der Waals surface area (Å²) in [7, 11) is 0. The van der Waals surface area contributed by atoms with Crippen LogP contribution in [-0.4, -0.2) is 55.7 Å². The summed E-state index contributed by atoms with van der Waals surface area (Å²) >= 11 is 0. The van der Waals surface area contributed by atoms with Crippen molar-refractivity contribution in [3.63, 3.8) is 0 Å². The molecular formula is C40H30N10O. The maximum atomic E-state index is 6.60. The maximum absolute atomic E-state index is 6.60. The molecule has 11 rings (SSSR count). The molecule has 0 saturated heterocycles. The highest BCUT2D eigenvalue weighted by molar-refractivity contribution is 6.21. The van der Waals surface area contributed by atoms with Gasteiger partial charge in [-0.05, 0) is 53.6 Å². The Hall–Kier alpha value is -6.88. The van der Waals surface area contributed by atoms with Gasteiger partial charge in [0, 0.05) is 67.1 Å². The van der Waals surface area contributed by atoms with Gasteiger partial charge in [-0.25, -0.2) is 14.6 Å². The number of hydrogen-bond donors (Lipinski definition) is 3. The van der Waals surface area contributed by atoms with E-state index in [1.165, 1.54) is 27.1 Å². The lowest BCUT2D eigenvalue weighted by atomic mass is 10.0. The molecule has 51 heavy (non-hydrogen) atoms. The van der Waals surface area contributed by atoms with Gasteiger partial charge < -0.3 is 24.3 Å². The van der Waals surface area contributed by atoms with Crippen molar-refractivity contribution in [2.45, 2.75) is 19.6 Å². The average Bonchev–Trinajstić information content (AvgIpc) is 4.01. The van der Waals surface area contributed by atoms with Crippen molar-refractivity contribution in [1.29, 1.82) is 0 Å². The van der Waals surface area contributed by atoms with Crippen LogP contribution in [0.1, 0.15) is 0 Å². The Morgan fingerprint density at radius 2 is 1.29 bits per heavy atom. The molecule has 0 radical (unpaired) electrons. The highest BCUT2D eigenvalue weighted by atomic mass is 16.5. The largest absolute Gasteiger partial charge is 0.489 e. The fourth-order valence-electron chi connectivity index (χ4n) is 7.77. The van der Waals surface area contributed by atoms with Crippen molar-refractivity contribution in [1.82, 2.24) is 49.0 Å². The van der Waals surface area contributed by atoms with Crippen molar-refractivity contribution in [2.75, 3.05) is 6.61 Å². The van der Waals surface area contributed by atoms with Gasteiger partial charge in [-0.15, -0.1) is 0 Å². The number of hydrogen-bond acceptors (Lipinski definition) is 5. The lowest BCUT2D eigenvalue weighted by Gasteiger charge is -2.10. The SMILES string of the molecule is c1ccc2c(c1)[nH]c1c(OCCn3cncn3)c3c(cc12)[nH]c1cc(-c2ccc4c(c2)[nH]c2cc5c(ccn5CCn5cncn5)cc24)ccc13. The second-order valence-corrected chi connectivity index (χ2v) is 13.1. The zero-order chi connectivity index (χ0) is 33.5. The van der Waals surface area contributed by atoms with E-state index in [0.717, 1.165) is 79.2 Å². The second-order valence-electron chi connectivity index (χ2n) is 13.1. The number of rotatable bonds is 8. The smallest absolute Gasteiger partial charge is 0.153 e. The van der Waals surface area contributed by atoms with Crippen LogP contribution in [0.15, 0.2) is 116 Å². The third-order valence-corrected chi connectivity index (χ3v) is 10.2. The summed E-state index contributed by atoms with van der Waals surface area (Å²) in [6.07, 6.45) is 8.74. The van der Waals surface area contributed by atoms with E-state index in [-0.39, 0.29) is 0 Å². The predicted molar refractivity (Wildman–Crippen MR) is 201 cm³/mol. The summed E-state index contributed by atoms with van der Waals surface area (Å²) in [5, 5.41) is 16.6. The van der Waals surface area contributed by atoms with Crippen LogP contribution < -0.4 is 4.74 Å². The van der Waals surface area contributed by atoms with Crippen molar-refractivity contribution in [3.05, 3.63) is 116 Å². The zero-order valence-electron chi connectivity index (χ0n) is 27.3. The molecule has 0 aliphatic rings. The molecule has 6 aromatic heterocycles. The van der Waals surface area contributed by atoms with Crippen LogP contribution >= 0.6 is 0 Å². The quantitative estimate of drug-likeness (QED) is 0.151. The van der Waals surface area contributed by atoms with Crippen LogP contribution in [0.3, 0.4) is 0 Å². The molecule has 246 valence electrons. The van der Waals surface area contributed by atoms with Crippen LogP contribution in [0.5, 0.6) is 5.75 Å². The molecule has 11 nitrogen and oxygen atoms in total. The van der Waals surface area contributed by atoms with Crippen molar-refractivity contribution in [2.24, 2.45) is 0 Å². The molecule has 11 heteroatoms. The fraction of sp³-hybridized carbons (Fsp3) is 0.100. The number of nitrogens with one attached hydrogen (secondary N) is 3. The number of para-hydroxylation sites is 1. The summed E-state index contributed by atoms with van der Waals surface area (Å²) in [6.45, 7) is 2.65. The molecule has 0 aliphatic heterocycles. The van der Waals surface area contributed by atoms with Gasteiger partial charge >= 0.3 is 0 Å². The molecule has 0 saturated carbocycles. The molecule has 0 amide bonds. The van der Waals surface area contributed by atoms with Gasteiger partial charge in [-0.3, -0.25) is 4.68 Å². The number of aromatic amines is 3. The average molecular weight is 667 g/mol. The molecule has 0 spiro atoms. The molecule has 3 N–H and O–H groups in total. The highest BCUT2D eigenvalue weighted by Crippen LogP contribution is 2.43. The number of aryl methyl sites for hydroxylation is 2. The summed E-state index contributed by atoms with van der Waals surface area (Å²) in [5.74, 6) is 0.844. The van der Waals surface area contributed by atoms with Gasteiger partial charge in [0.2, 0.25) is 0 Å². The van der Waals surface area contributed by atoms with Gasteiger partial charge in [0.1, 0.15) is 31.9 Å². The normalized spacial score (nSPS) is 12.2. The van der Waals surface area contributed by atoms with Crippen LogP contribution in [0, 0.1) is 0 Å². The van der Waals surface area contributed by atoms with E-state index >= 15 is 0 Å². The van der Waals surface area contributed by atoms with E-state index in [1.807, 2.05) is 4.68 Å². The molecule has 0 aliphatic carbocycles. The Morgan fingerprint density at radius 1 is 0.569 bits per heavy atom. The number of fused-ring (bicyclic) bond motifs is 10. The highest BCUT2D eigenvalue weighted by Gasteiger charge is 2.19. The lowest BCUT2D eigenvalue weighted by Crippen LogP contribution is -2.08. The van der Waals surface area contributed by atoms with Crippen molar-refractivity contribution >= 4 is 76.3 Å². The minimum absolute atomic E-state index is 0.461. The maximum Gasteiger partial charge on any atom is 0.153 e. The first-order valence-corrected chi connectivity index (χ1v) is 17.0. The number of nitrogens with zero attached hydrogens (tertiary/aromatic N) is 7. The molecule has 11 aromatic rings. The second kappa shape index (κ2) is 10.8. The Labute approximate surface area is 289 Å². The molecular weight excluding hydrogens is 637 g/mol. The van der Waals surface area contributed by atoms with E-state index < -0.39 is 0 Å². The number of aromatic nitrogens is 10. The minimum Gasteiger partial charge on any atom is -0.489 e. The Bertz CT molecular complexity index is 3070. The Morgan fingerprint density at radius 3 is 2.12 bits per heavy atom. The van der Waals surface area contributed by atoms with Crippen molar-refractivity contribution < 1.29 is 4.74 Å². The zero-order valence-corrected chi connectivity index (χ0v) is 27.3. The van der Waals surface area contributed by atoms with E-state index in [1.54, 1.807) is 30.0 Å². The van der Waals surface area contributed by atoms with E-state index in [2.05, 4.69) is 131 Å². The molecule has 5 aromatic carbocycles. The van der Waals surface area contributed by atoms with E-state index in [0.29, 0.717) is 13.2 Å². The third-order valence-electron chi connectivity index (χ3n) is 10.2. The molecule has 0 atom stereocenters. The van der Waals surface area contributed by atoms with Crippen LogP contribution in [-0.2, 0) is 19.6 Å². The van der Waals surface area contributed by atoms with Crippen molar-refractivity contribution in [3.8, 4) is 16.9 Å². The van der Waals surface area contributed by atoms with Gasteiger partial charge in [-0.2, -0.15) is 10.2 Å². The standard InChI is InChI=1S/C40H30N10O/c1-2-4-32-27(3-1)31-18-36-38(40(39(31)47-32)51-14-13-50-23-42-21-44-50)29-8-6-25(17-34(29)46-36)24-5-7-28-30-15-26-9-10-48(11-12-49-22-41-20-43-49)37(26)19-35(30)45-33(28)16-24/h1-10,15-23,45-47H,11-14H2. The molecule has 6 heterocycles. The minimum atomic E-state index is 0.461. The summed E-state index contributed by atoms with van der Waals surface area (Å²) in [4.78, 5) is 19.2. The number of ether oxygens (including phenoxy) is 1. The van der Waals surface area contributed by atoms with E-state index in [9.17, 15) is 0 Å². The Kier molecular flexibility index (Phi) is 5.94. The van der Waals surface area contributed by atoms with Gasteiger partial charge in [0.05, 0.1) is 35.0 Å². The molecule has 0 fully saturated rings. The van der Waals surface area contributed by atoms with Gasteiger partial charge in [0.25, 0.3) is 0 Å². The first-order chi connectivity index (χ1) is 25.2. The van der Waals surface area contributed by atoms with Gasteiger partial charge in [0.15, 0.2) is 5.75 Å².